The summed E-state index contributed by atoms with van der Waals surface area (Å²) in [5.74, 6) is 1.13. The van der Waals surface area contributed by atoms with Crippen LogP contribution in [0, 0.1) is 0 Å². The summed E-state index contributed by atoms with van der Waals surface area (Å²) in [7, 11) is 1.55. The number of allylic oxidation sites excluding steroid dienone is 3. The van der Waals surface area contributed by atoms with Gasteiger partial charge in [-0.3, -0.25) is 0 Å². The van der Waals surface area contributed by atoms with Crippen molar-refractivity contribution in [3.05, 3.63) is 36.3 Å². The van der Waals surface area contributed by atoms with E-state index in [2.05, 4.69) is 11.3 Å². The highest BCUT2D eigenvalue weighted by atomic mass is 16.8. The van der Waals surface area contributed by atoms with Gasteiger partial charge in [0.2, 0.25) is 0 Å². The third-order valence-corrected chi connectivity index (χ3v) is 2.07. The predicted molar refractivity (Wildman–Crippen MR) is 61.2 cm³/mol. The molecule has 0 aromatic rings. The molecule has 1 unspecified atom stereocenters. The van der Waals surface area contributed by atoms with Gasteiger partial charge < -0.3 is 18.9 Å². The quantitative estimate of drug-likeness (QED) is 0.404. The molecule has 1 rings (SSSR count). The number of methoxy groups -OCH3 is 1. The molecule has 0 aromatic heterocycles. The van der Waals surface area contributed by atoms with Crippen LogP contribution >= 0.6 is 0 Å². The van der Waals surface area contributed by atoms with Crippen LogP contribution in [0.5, 0.6) is 0 Å². The maximum atomic E-state index is 10.7. The van der Waals surface area contributed by atoms with Crippen molar-refractivity contribution in [2.24, 2.45) is 0 Å². The van der Waals surface area contributed by atoms with Crippen molar-refractivity contribution >= 4 is 6.16 Å². The summed E-state index contributed by atoms with van der Waals surface area (Å²) in [6.45, 7) is 5.85. The fourth-order valence-electron chi connectivity index (χ4n) is 1.30. The summed E-state index contributed by atoms with van der Waals surface area (Å²) >= 11 is 0. The minimum Gasteiger partial charge on any atom is -0.493 e. The van der Waals surface area contributed by atoms with Gasteiger partial charge in [0.1, 0.15) is 13.2 Å². The maximum absolute atomic E-state index is 10.7. The first-order chi connectivity index (χ1) is 8.21. The molecule has 1 saturated heterocycles. The van der Waals surface area contributed by atoms with Crippen LogP contribution in [0.3, 0.4) is 0 Å². The van der Waals surface area contributed by atoms with E-state index in [1.807, 2.05) is 6.92 Å². The van der Waals surface area contributed by atoms with Crippen LogP contribution < -0.4 is 0 Å². The van der Waals surface area contributed by atoms with E-state index in [9.17, 15) is 4.79 Å². The molecule has 1 heterocycles. The third-order valence-electron chi connectivity index (χ3n) is 2.07. The molecule has 17 heavy (non-hydrogen) atoms. The van der Waals surface area contributed by atoms with Crippen molar-refractivity contribution in [1.82, 2.24) is 0 Å². The van der Waals surface area contributed by atoms with Crippen LogP contribution in [0.1, 0.15) is 6.92 Å². The molecule has 1 aliphatic rings. The van der Waals surface area contributed by atoms with Crippen molar-refractivity contribution in [2.45, 2.75) is 13.0 Å². The van der Waals surface area contributed by atoms with E-state index >= 15 is 0 Å². The SMILES string of the molecule is C=C/C=C(OCC1COC(=O)O1)\C(=C/C)OC. The van der Waals surface area contributed by atoms with E-state index in [4.69, 9.17) is 14.2 Å². The number of hydrogen-bond donors (Lipinski definition) is 0. The van der Waals surface area contributed by atoms with Gasteiger partial charge in [-0.1, -0.05) is 12.7 Å². The van der Waals surface area contributed by atoms with Crippen LogP contribution in [0.4, 0.5) is 4.79 Å². The molecule has 0 aromatic carbocycles. The fraction of sp³-hybridized carbons (Fsp3) is 0.417. The second kappa shape index (κ2) is 6.62. The largest absolute Gasteiger partial charge is 0.508 e. The van der Waals surface area contributed by atoms with E-state index in [-0.39, 0.29) is 19.3 Å². The highest BCUT2D eigenvalue weighted by molar-refractivity contribution is 5.61. The zero-order valence-electron chi connectivity index (χ0n) is 9.97. The van der Waals surface area contributed by atoms with Crippen LogP contribution in [0.15, 0.2) is 36.3 Å². The number of carbonyl (C=O) groups excluding carboxylic acids is 1. The summed E-state index contributed by atoms with van der Waals surface area (Å²) in [4.78, 5) is 10.7. The molecule has 0 radical (unpaired) electrons. The molecule has 0 bridgehead atoms. The monoisotopic (exact) mass is 240 g/mol. The first-order valence-electron chi connectivity index (χ1n) is 5.20. The topological polar surface area (TPSA) is 54.0 Å². The third kappa shape index (κ3) is 3.86. The average molecular weight is 240 g/mol. The molecule has 1 atom stereocenters. The number of cyclic esters (lactones) is 2. The number of carbonyl (C=O) groups is 1. The van der Waals surface area contributed by atoms with Crippen molar-refractivity contribution in [1.29, 1.82) is 0 Å². The van der Waals surface area contributed by atoms with Gasteiger partial charge in [0.15, 0.2) is 17.6 Å². The maximum Gasteiger partial charge on any atom is 0.508 e. The average Bonchev–Trinajstić information content (AvgIpc) is 2.73. The summed E-state index contributed by atoms with van der Waals surface area (Å²) in [5, 5.41) is 0. The molecule has 0 saturated carbocycles. The van der Waals surface area contributed by atoms with E-state index in [1.54, 1.807) is 25.3 Å². The molecule has 5 nitrogen and oxygen atoms in total. The Hall–Kier alpha value is -1.91. The molecule has 1 fully saturated rings. The molecule has 1 aliphatic heterocycles. The highest BCUT2D eigenvalue weighted by Crippen LogP contribution is 2.15. The number of hydrogen-bond acceptors (Lipinski definition) is 5. The van der Waals surface area contributed by atoms with Gasteiger partial charge in [-0.15, -0.1) is 0 Å². The van der Waals surface area contributed by atoms with Crippen molar-refractivity contribution in [2.75, 3.05) is 20.3 Å². The summed E-state index contributed by atoms with van der Waals surface area (Å²) < 4.78 is 20.1. The Kier molecular flexibility index (Phi) is 5.13. The minimum atomic E-state index is -0.661. The van der Waals surface area contributed by atoms with Gasteiger partial charge in [-0.05, 0) is 19.1 Å². The van der Waals surface area contributed by atoms with Crippen LogP contribution in [-0.2, 0) is 18.9 Å². The summed E-state index contributed by atoms with van der Waals surface area (Å²) in [6, 6.07) is 0. The van der Waals surface area contributed by atoms with Gasteiger partial charge in [0.25, 0.3) is 0 Å². The Morgan fingerprint density at radius 3 is 2.82 bits per heavy atom. The Morgan fingerprint density at radius 1 is 1.59 bits per heavy atom. The van der Waals surface area contributed by atoms with E-state index in [0.717, 1.165) is 0 Å². The number of rotatable bonds is 6. The van der Waals surface area contributed by atoms with E-state index < -0.39 is 6.16 Å². The normalized spacial score (nSPS) is 20.6. The van der Waals surface area contributed by atoms with E-state index in [1.165, 1.54) is 0 Å². The smallest absolute Gasteiger partial charge is 0.493 e. The summed E-state index contributed by atoms with van der Waals surface area (Å²) in [6.07, 6.45) is 3.99. The van der Waals surface area contributed by atoms with Crippen molar-refractivity contribution in [3.8, 4) is 0 Å². The first kappa shape index (κ1) is 13.2. The van der Waals surface area contributed by atoms with Gasteiger partial charge in [0.05, 0.1) is 7.11 Å². The van der Waals surface area contributed by atoms with Gasteiger partial charge in [-0.2, -0.15) is 0 Å². The Labute approximate surface area is 100 Å². The lowest BCUT2D eigenvalue weighted by atomic mass is 10.3. The zero-order valence-corrected chi connectivity index (χ0v) is 9.97. The lowest BCUT2D eigenvalue weighted by Crippen LogP contribution is -2.18. The Balaban J connectivity index is 2.53. The number of ether oxygens (including phenoxy) is 4. The zero-order chi connectivity index (χ0) is 12.7. The lowest BCUT2D eigenvalue weighted by molar-refractivity contribution is 0.0716. The molecule has 0 amide bonds. The van der Waals surface area contributed by atoms with Gasteiger partial charge in [0, 0.05) is 0 Å². The lowest BCUT2D eigenvalue weighted by Gasteiger charge is -2.14. The molecule has 5 heteroatoms. The van der Waals surface area contributed by atoms with Crippen molar-refractivity contribution in [3.63, 3.8) is 0 Å². The highest BCUT2D eigenvalue weighted by Gasteiger charge is 2.26. The standard InChI is InChI=1S/C12H16O5/c1-4-6-11(10(5-2)14-3)15-7-9-8-16-12(13)17-9/h4-6,9H,1,7-8H2,2-3H3/b10-5+,11-6+. The van der Waals surface area contributed by atoms with Crippen LogP contribution in [-0.4, -0.2) is 32.6 Å². The van der Waals surface area contributed by atoms with E-state index in [0.29, 0.717) is 11.5 Å². The Morgan fingerprint density at radius 2 is 2.35 bits per heavy atom. The van der Waals surface area contributed by atoms with Crippen LogP contribution in [0.25, 0.3) is 0 Å². The van der Waals surface area contributed by atoms with Gasteiger partial charge >= 0.3 is 6.16 Å². The van der Waals surface area contributed by atoms with Gasteiger partial charge in [-0.25, -0.2) is 4.79 Å². The second-order valence-corrected chi connectivity index (χ2v) is 3.24. The van der Waals surface area contributed by atoms with Crippen LogP contribution in [0.2, 0.25) is 0 Å². The Bertz CT molecular complexity index is 343. The predicted octanol–water partition coefficient (Wildman–Crippen LogP) is 2.16. The molecule has 0 aliphatic carbocycles. The molecule has 0 spiro atoms. The fourth-order valence-corrected chi connectivity index (χ4v) is 1.30. The first-order valence-corrected chi connectivity index (χ1v) is 5.20. The molecule has 94 valence electrons. The molecule has 0 N–H and O–H groups in total. The minimum absolute atomic E-state index is 0.207. The molecular weight excluding hydrogens is 224 g/mol. The summed E-state index contributed by atoms with van der Waals surface area (Å²) in [5.41, 5.74) is 0. The second-order valence-electron chi connectivity index (χ2n) is 3.24. The molecular formula is C12H16O5. The van der Waals surface area contributed by atoms with Crippen molar-refractivity contribution < 1.29 is 23.7 Å².